The highest BCUT2D eigenvalue weighted by molar-refractivity contribution is 6.92. The number of pyridine rings is 1. The van der Waals surface area contributed by atoms with Gasteiger partial charge in [0.2, 0.25) is 5.69 Å². The summed E-state index contributed by atoms with van der Waals surface area (Å²) in [5, 5.41) is 4.59. The lowest BCUT2D eigenvalue weighted by atomic mass is 9.90. The van der Waals surface area contributed by atoms with Gasteiger partial charge in [-0.1, -0.05) is 58.1 Å². The lowest BCUT2D eigenvalue weighted by molar-refractivity contribution is -0.659. The van der Waals surface area contributed by atoms with Crippen molar-refractivity contribution in [2.45, 2.75) is 73.0 Å². The molecule has 0 aliphatic heterocycles. The number of aromatic nitrogens is 1. The van der Waals surface area contributed by atoms with E-state index >= 15 is 0 Å². The van der Waals surface area contributed by atoms with Crippen molar-refractivity contribution in [1.82, 2.24) is 0 Å². The molecule has 0 saturated carbocycles. The van der Waals surface area contributed by atoms with Gasteiger partial charge in [0.15, 0.2) is 6.20 Å². The fraction of sp³-hybridized carbons (Fsp3) is 0.444. The molecule has 3 rings (SSSR count). The maximum Gasteiger partial charge on any atom is 0.220 e. The number of aryl methyl sites for hydroxylation is 2. The zero-order valence-electron chi connectivity index (χ0n) is 20.1. The Morgan fingerprint density at radius 1 is 0.897 bits per heavy atom. The van der Waals surface area contributed by atoms with Crippen LogP contribution in [0.2, 0.25) is 18.1 Å². The van der Waals surface area contributed by atoms with Crippen LogP contribution in [-0.4, -0.2) is 8.07 Å². The summed E-state index contributed by atoms with van der Waals surface area (Å²) in [7, 11) is 0.620. The van der Waals surface area contributed by atoms with Crippen LogP contribution in [0.15, 0.2) is 36.5 Å². The molecule has 0 fully saturated rings. The SMILES string of the molecule is CCc1cc(-c2c3ccc([Si](C)(C)C(C)(C)C)cc3cc[n+]2C)c(C)c(C)c1C. The van der Waals surface area contributed by atoms with Crippen molar-refractivity contribution >= 4 is 24.0 Å². The van der Waals surface area contributed by atoms with Crippen LogP contribution in [0.3, 0.4) is 0 Å². The Balaban J connectivity index is 2.31. The Morgan fingerprint density at radius 2 is 1.55 bits per heavy atom. The van der Waals surface area contributed by atoms with Crippen LogP contribution in [0.25, 0.3) is 22.0 Å². The van der Waals surface area contributed by atoms with Gasteiger partial charge in [-0.3, -0.25) is 0 Å². The first-order chi connectivity index (χ1) is 13.4. The van der Waals surface area contributed by atoms with E-state index in [1.54, 1.807) is 5.19 Å². The summed E-state index contributed by atoms with van der Waals surface area (Å²) in [5.74, 6) is 0. The van der Waals surface area contributed by atoms with Crippen LogP contribution >= 0.6 is 0 Å². The van der Waals surface area contributed by atoms with E-state index in [1.165, 1.54) is 44.3 Å². The highest BCUT2D eigenvalue weighted by Gasteiger charge is 2.37. The Kier molecular flexibility index (Phi) is 5.55. The first kappa shape index (κ1) is 21.8. The third-order valence-corrected chi connectivity index (χ3v) is 13.2. The molecule has 0 aliphatic rings. The zero-order chi connectivity index (χ0) is 21.7. The van der Waals surface area contributed by atoms with Gasteiger partial charge in [-0.15, -0.1) is 0 Å². The summed E-state index contributed by atoms with van der Waals surface area (Å²) < 4.78 is 2.30. The van der Waals surface area contributed by atoms with Crippen molar-refractivity contribution < 1.29 is 4.57 Å². The minimum Gasteiger partial charge on any atom is -0.200 e. The van der Waals surface area contributed by atoms with Crippen molar-refractivity contribution in [3.05, 3.63) is 58.8 Å². The number of rotatable bonds is 3. The Bertz CT molecular complexity index is 1080. The van der Waals surface area contributed by atoms with E-state index in [4.69, 9.17) is 0 Å². The molecular formula is C27H38NSi+. The van der Waals surface area contributed by atoms with Crippen LogP contribution < -0.4 is 9.75 Å². The van der Waals surface area contributed by atoms with E-state index in [1.807, 2.05) is 0 Å². The topological polar surface area (TPSA) is 3.88 Å². The molecule has 29 heavy (non-hydrogen) atoms. The van der Waals surface area contributed by atoms with E-state index < -0.39 is 8.07 Å². The fourth-order valence-corrected chi connectivity index (χ4v) is 6.14. The van der Waals surface area contributed by atoms with Crippen LogP contribution in [0.4, 0.5) is 0 Å². The molecule has 0 bridgehead atoms. The molecule has 0 N–H and O–H groups in total. The molecule has 154 valence electrons. The smallest absolute Gasteiger partial charge is 0.200 e. The Labute approximate surface area is 178 Å². The van der Waals surface area contributed by atoms with Crippen molar-refractivity contribution in [2.75, 3.05) is 0 Å². The molecule has 2 heteroatoms. The molecule has 0 saturated heterocycles. The number of benzene rings is 2. The molecule has 0 unspecified atom stereocenters. The molecule has 1 nitrogen and oxygen atoms in total. The summed E-state index contributed by atoms with van der Waals surface area (Å²) in [5.41, 5.74) is 8.43. The molecule has 3 aromatic rings. The molecule has 1 heterocycles. The third kappa shape index (κ3) is 3.57. The molecule has 0 radical (unpaired) electrons. The van der Waals surface area contributed by atoms with Crippen molar-refractivity contribution in [2.24, 2.45) is 7.05 Å². The van der Waals surface area contributed by atoms with E-state index in [-0.39, 0.29) is 0 Å². The normalized spacial score (nSPS) is 12.6. The lowest BCUT2D eigenvalue weighted by Crippen LogP contribution is -2.49. The average Bonchev–Trinajstić information content (AvgIpc) is 2.66. The van der Waals surface area contributed by atoms with Gasteiger partial charge in [-0.05, 0) is 72.0 Å². The van der Waals surface area contributed by atoms with Gasteiger partial charge in [0, 0.05) is 6.07 Å². The van der Waals surface area contributed by atoms with E-state index in [2.05, 4.69) is 110 Å². The highest BCUT2D eigenvalue weighted by Crippen LogP contribution is 2.37. The summed E-state index contributed by atoms with van der Waals surface area (Å²) in [6.45, 7) is 21.3. The number of hydrogen-bond acceptors (Lipinski definition) is 0. The zero-order valence-corrected chi connectivity index (χ0v) is 21.1. The van der Waals surface area contributed by atoms with E-state index in [0.717, 1.165) is 6.42 Å². The van der Waals surface area contributed by atoms with E-state index in [9.17, 15) is 0 Å². The summed E-state index contributed by atoms with van der Waals surface area (Å²) >= 11 is 0. The maximum absolute atomic E-state index is 2.50. The van der Waals surface area contributed by atoms with Gasteiger partial charge < -0.3 is 0 Å². The minimum absolute atomic E-state index is 0.337. The third-order valence-electron chi connectivity index (χ3n) is 7.70. The molecule has 2 aromatic carbocycles. The molecule has 1 aromatic heterocycles. The molecule has 0 aliphatic carbocycles. The van der Waals surface area contributed by atoms with Crippen LogP contribution in [-0.2, 0) is 13.5 Å². The average molecular weight is 405 g/mol. The Hall–Kier alpha value is -1.93. The molecule has 0 spiro atoms. The predicted octanol–water partition coefficient (Wildman–Crippen LogP) is 6.53. The first-order valence-electron chi connectivity index (χ1n) is 10.9. The minimum atomic E-state index is -1.56. The largest absolute Gasteiger partial charge is 0.220 e. The van der Waals surface area contributed by atoms with E-state index in [0.29, 0.717) is 5.04 Å². The quantitative estimate of drug-likeness (QED) is 0.345. The second-order valence-corrected chi connectivity index (χ2v) is 15.6. The van der Waals surface area contributed by atoms with Crippen molar-refractivity contribution in [3.63, 3.8) is 0 Å². The van der Waals surface area contributed by atoms with Gasteiger partial charge in [-0.2, -0.15) is 0 Å². The maximum atomic E-state index is 2.50. The monoisotopic (exact) mass is 404 g/mol. The van der Waals surface area contributed by atoms with Crippen LogP contribution in [0.5, 0.6) is 0 Å². The second-order valence-electron chi connectivity index (χ2n) is 10.3. The number of hydrogen-bond donors (Lipinski definition) is 0. The standard InChI is InChI=1S/C27H38NSi/c1-11-21-17-25(20(4)18(2)19(21)3)26-24-13-12-23(29(9,10)27(5,6)7)16-22(24)14-15-28(26)8/h12-17H,11H2,1-10H3/q+1. The summed E-state index contributed by atoms with van der Waals surface area (Å²) in [6.07, 6.45) is 3.30. The second kappa shape index (κ2) is 7.39. The Morgan fingerprint density at radius 3 is 2.14 bits per heavy atom. The first-order valence-corrected chi connectivity index (χ1v) is 13.9. The lowest BCUT2D eigenvalue weighted by Gasteiger charge is -2.37. The van der Waals surface area contributed by atoms with Crippen LogP contribution in [0, 0.1) is 20.8 Å². The number of fused-ring (bicyclic) bond motifs is 1. The molecule has 0 amide bonds. The summed E-state index contributed by atoms with van der Waals surface area (Å²) in [6, 6.07) is 12.0. The van der Waals surface area contributed by atoms with Gasteiger partial charge in [-0.25, -0.2) is 4.57 Å². The van der Waals surface area contributed by atoms with Gasteiger partial charge in [0.1, 0.15) is 7.05 Å². The molecular weight excluding hydrogens is 366 g/mol. The fourth-order valence-electron chi connectivity index (χ4n) is 4.26. The number of nitrogens with zero attached hydrogens (tertiary/aromatic N) is 1. The molecule has 0 atom stereocenters. The predicted molar refractivity (Wildman–Crippen MR) is 131 cm³/mol. The summed E-state index contributed by atoms with van der Waals surface area (Å²) in [4.78, 5) is 0. The van der Waals surface area contributed by atoms with Gasteiger partial charge in [0.25, 0.3) is 0 Å². The van der Waals surface area contributed by atoms with Crippen molar-refractivity contribution in [3.8, 4) is 11.3 Å². The van der Waals surface area contributed by atoms with Crippen LogP contribution in [0.1, 0.15) is 49.9 Å². The highest BCUT2D eigenvalue weighted by atomic mass is 28.3. The van der Waals surface area contributed by atoms with Gasteiger partial charge >= 0.3 is 0 Å². The van der Waals surface area contributed by atoms with Crippen molar-refractivity contribution in [1.29, 1.82) is 0 Å². The van der Waals surface area contributed by atoms with Gasteiger partial charge in [0.05, 0.1) is 19.0 Å².